The maximum atomic E-state index is 12.3. The van der Waals surface area contributed by atoms with Crippen molar-refractivity contribution in [3.05, 3.63) is 30.3 Å². The molecule has 0 saturated carbocycles. The fourth-order valence-corrected chi connectivity index (χ4v) is 3.39. The lowest BCUT2D eigenvalue weighted by Crippen LogP contribution is -2.33. The number of aromatic nitrogens is 2. The summed E-state index contributed by atoms with van der Waals surface area (Å²) in [4.78, 5) is 13.9. The van der Waals surface area contributed by atoms with Gasteiger partial charge in [-0.1, -0.05) is 41.3 Å². The lowest BCUT2D eigenvalue weighted by atomic mass is 10.3. The number of nitrogens with zero attached hydrogens (tertiary/aromatic N) is 3. The van der Waals surface area contributed by atoms with Crippen LogP contribution in [0.3, 0.4) is 0 Å². The first-order chi connectivity index (χ1) is 9.08. The number of thioether (sulfide) groups is 1. The van der Waals surface area contributed by atoms with Crippen molar-refractivity contribution in [3.63, 3.8) is 0 Å². The minimum Gasteiger partial charge on any atom is -0.374 e. The highest BCUT2D eigenvalue weighted by Gasteiger charge is 2.21. The Morgan fingerprint density at radius 1 is 1.37 bits per heavy atom. The van der Waals surface area contributed by atoms with Crippen LogP contribution < -0.4 is 10.6 Å². The van der Waals surface area contributed by atoms with Gasteiger partial charge in [0.05, 0.1) is 5.25 Å². The predicted molar refractivity (Wildman–Crippen MR) is 79.5 cm³/mol. The third kappa shape index (κ3) is 3.45. The van der Waals surface area contributed by atoms with E-state index in [0.29, 0.717) is 9.47 Å². The minimum absolute atomic E-state index is 0.0185. The summed E-state index contributed by atoms with van der Waals surface area (Å²) in [6.45, 7) is 1.85. The smallest absolute Gasteiger partial charge is 0.240 e. The Balaban J connectivity index is 2.03. The highest BCUT2D eigenvalue weighted by atomic mass is 32.2. The van der Waals surface area contributed by atoms with E-state index in [1.165, 1.54) is 23.1 Å². The van der Waals surface area contributed by atoms with Crippen molar-refractivity contribution >= 4 is 39.8 Å². The van der Waals surface area contributed by atoms with Crippen LogP contribution in [0.1, 0.15) is 6.92 Å². The summed E-state index contributed by atoms with van der Waals surface area (Å²) < 4.78 is 0.708. The van der Waals surface area contributed by atoms with Crippen molar-refractivity contribution in [2.24, 2.45) is 0 Å². The second kappa shape index (κ2) is 6.03. The molecule has 1 aromatic carbocycles. The zero-order valence-corrected chi connectivity index (χ0v) is 12.2. The average molecular weight is 294 g/mol. The molecule has 0 unspecified atom stereocenters. The fourth-order valence-electron chi connectivity index (χ4n) is 1.52. The zero-order valence-electron chi connectivity index (χ0n) is 10.6. The number of carbonyl (C=O) groups is 1. The number of para-hydroxylation sites is 1. The summed E-state index contributed by atoms with van der Waals surface area (Å²) in [5.41, 5.74) is 6.39. The van der Waals surface area contributed by atoms with E-state index < -0.39 is 0 Å². The molecule has 0 aliphatic rings. The van der Waals surface area contributed by atoms with E-state index in [9.17, 15) is 4.79 Å². The largest absolute Gasteiger partial charge is 0.374 e. The molecule has 0 radical (unpaired) electrons. The lowest BCUT2D eigenvalue weighted by molar-refractivity contribution is -0.117. The predicted octanol–water partition coefficient (Wildman–Crippen LogP) is 2.26. The van der Waals surface area contributed by atoms with Crippen molar-refractivity contribution in [2.45, 2.75) is 16.5 Å². The molecule has 7 heteroatoms. The Hall–Kier alpha value is -1.60. The standard InChI is InChI=1S/C12H14N4OS2/c1-8(18-12-15-14-11(13)19-12)10(17)16(2)9-6-4-3-5-7-9/h3-8H,1-2H3,(H2,13,14)/t8-/m0/s1. The average Bonchev–Trinajstić information content (AvgIpc) is 2.83. The van der Waals surface area contributed by atoms with Crippen LogP contribution in [-0.2, 0) is 4.79 Å². The number of nitrogen functional groups attached to an aromatic ring is 1. The summed E-state index contributed by atoms with van der Waals surface area (Å²) in [5, 5.41) is 7.82. The van der Waals surface area contributed by atoms with Crippen LogP contribution in [0.4, 0.5) is 10.8 Å². The molecule has 0 bridgehead atoms. The third-order valence-corrected chi connectivity index (χ3v) is 4.45. The molecule has 0 aliphatic carbocycles. The first-order valence-corrected chi connectivity index (χ1v) is 7.36. The molecule has 0 saturated heterocycles. The number of benzene rings is 1. The first kappa shape index (κ1) is 13.8. The molecule has 1 aromatic heterocycles. The second-order valence-electron chi connectivity index (χ2n) is 3.90. The third-order valence-electron chi connectivity index (χ3n) is 2.52. The van der Waals surface area contributed by atoms with Crippen molar-refractivity contribution < 1.29 is 4.79 Å². The van der Waals surface area contributed by atoms with Gasteiger partial charge in [-0.3, -0.25) is 4.79 Å². The monoisotopic (exact) mass is 294 g/mol. The number of anilines is 2. The van der Waals surface area contributed by atoms with Gasteiger partial charge in [-0.25, -0.2) is 0 Å². The Morgan fingerprint density at radius 2 is 2.05 bits per heavy atom. The Labute approximate surface area is 119 Å². The molecule has 1 atom stereocenters. The number of carbonyl (C=O) groups excluding carboxylic acids is 1. The molecule has 5 nitrogen and oxygen atoms in total. The van der Waals surface area contributed by atoms with E-state index in [1.807, 2.05) is 37.3 Å². The number of rotatable bonds is 4. The SMILES string of the molecule is C[C@H](Sc1nnc(N)s1)C(=O)N(C)c1ccccc1. The van der Waals surface area contributed by atoms with Gasteiger partial charge in [-0.2, -0.15) is 0 Å². The van der Waals surface area contributed by atoms with Gasteiger partial charge in [0.2, 0.25) is 11.0 Å². The highest BCUT2D eigenvalue weighted by molar-refractivity contribution is 8.02. The van der Waals surface area contributed by atoms with Crippen LogP contribution >= 0.6 is 23.1 Å². The summed E-state index contributed by atoms with van der Waals surface area (Å²) in [6, 6.07) is 9.53. The second-order valence-corrected chi connectivity index (χ2v) is 6.50. The normalized spacial score (nSPS) is 12.1. The molecule has 0 fully saturated rings. The van der Waals surface area contributed by atoms with Crippen LogP contribution in [0.2, 0.25) is 0 Å². The van der Waals surface area contributed by atoms with Crippen molar-refractivity contribution in [3.8, 4) is 0 Å². The zero-order chi connectivity index (χ0) is 13.8. The first-order valence-electron chi connectivity index (χ1n) is 5.66. The molecular formula is C12H14N4OS2. The van der Waals surface area contributed by atoms with Gasteiger partial charge < -0.3 is 10.6 Å². The number of hydrogen-bond donors (Lipinski definition) is 1. The van der Waals surface area contributed by atoms with Gasteiger partial charge in [-0.05, 0) is 19.1 Å². The quantitative estimate of drug-likeness (QED) is 0.876. The van der Waals surface area contributed by atoms with Crippen LogP contribution in [-0.4, -0.2) is 28.4 Å². The molecular weight excluding hydrogens is 280 g/mol. The molecule has 2 aromatic rings. The summed E-state index contributed by atoms with van der Waals surface area (Å²) in [7, 11) is 1.77. The molecule has 100 valence electrons. The Morgan fingerprint density at radius 3 is 2.63 bits per heavy atom. The van der Waals surface area contributed by atoms with Crippen molar-refractivity contribution in [1.29, 1.82) is 0 Å². The van der Waals surface area contributed by atoms with E-state index in [4.69, 9.17) is 5.73 Å². The molecule has 19 heavy (non-hydrogen) atoms. The fraction of sp³-hybridized carbons (Fsp3) is 0.250. The molecule has 0 spiro atoms. The molecule has 1 amide bonds. The van der Waals surface area contributed by atoms with E-state index in [0.717, 1.165) is 5.69 Å². The summed E-state index contributed by atoms with van der Waals surface area (Å²) >= 11 is 2.66. The molecule has 1 heterocycles. The van der Waals surface area contributed by atoms with Crippen LogP contribution in [0.15, 0.2) is 34.7 Å². The Kier molecular flexibility index (Phi) is 4.39. The van der Waals surface area contributed by atoms with Gasteiger partial charge >= 0.3 is 0 Å². The maximum Gasteiger partial charge on any atom is 0.240 e. The number of nitrogens with two attached hydrogens (primary N) is 1. The number of amides is 1. The molecule has 0 aliphatic heterocycles. The maximum absolute atomic E-state index is 12.3. The van der Waals surface area contributed by atoms with E-state index >= 15 is 0 Å². The van der Waals surface area contributed by atoms with Crippen LogP contribution in [0, 0.1) is 0 Å². The number of hydrogen-bond acceptors (Lipinski definition) is 6. The summed E-state index contributed by atoms with van der Waals surface area (Å²) in [6.07, 6.45) is 0. The Bertz CT molecular complexity index is 558. The van der Waals surface area contributed by atoms with Gasteiger partial charge in [0.1, 0.15) is 0 Å². The van der Waals surface area contributed by atoms with Gasteiger partial charge in [0.25, 0.3) is 0 Å². The highest BCUT2D eigenvalue weighted by Crippen LogP contribution is 2.29. The van der Waals surface area contributed by atoms with E-state index in [-0.39, 0.29) is 11.2 Å². The van der Waals surface area contributed by atoms with E-state index in [1.54, 1.807) is 11.9 Å². The van der Waals surface area contributed by atoms with Crippen LogP contribution in [0.5, 0.6) is 0 Å². The van der Waals surface area contributed by atoms with Crippen molar-refractivity contribution in [2.75, 3.05) is 17.7 Å². The minimum atomic E-state index is -0.238. The topological polar surface area (TPSA) is 72.1 Å². The van der Waals surface area contributed by atoms with Crippen molar-refractivity contribution in [1.82, 2.24) is 10.2 Å². The van der Waals surface area contributed by atoms with Crippen LogP contribution in [0.25, 0.3) is 0 Å². The lowest BCUT2D eigenvalue weighted by Gasteiger charge is -2.20. The van der Waals surface area contributed by atoms with Gasteiger partial charge in [-0.15, -0.1) is 10.2 Å². The molecule has 2 N–H and O–H groups in total. The van der Waals surface area contributed by atoms with Gasteiger partial charge in [0, 0.05) is 12.7 Å². The summed E-state index contributed by atoms with van der Waals surface area (Å²) in [5.74, 6) is 0.0185. The molecule has 2 rings (SSSR count). The van der Waals surface area contributed by atoms with Gasteiger partial charge in [0.15, 0.2) is 4.34 Å². The van der Waals surface area contributed by atoms with E-state index in [2.05, 4.69) is 10.2 Å².